The second-order valence-electron chi connectivity index (χ2n) is 4.84. The molecule has 26 heavy (non-hydrogen) atoms. The first-order valence-electron chi connectivity index (χ1n) is 7.54. The third kappa shape index (κ3) is 6.89. The molecule has 0 aromatic heterocycles. The molecule has 0 aliphatic heterocycles. The first-order valence-corrected chi connectivity index (χ1v) is 9.69. The van der Waals surface area contributed by atoms with Crippen LogP contribution in [0.15, 0.2) is 58.3 Å². The molecule has 0 amide bonds. The maximum atomic E-state index is 11.0. The first kappa shape index (κ1) is 20.0. The highest BCUT2D eigenvalue weighted by molar-refractivity contribution is 8.76. The zero-order chi connectivity index (χ0) is 18.8. The Hall–Kier alpha value is -2.32. The summed E-state index contributed by atoms with van der Waals surface area (Å²) in [5, 5.41) is 0. The van der Waals surface area contributed by atoms with Gasteiger partial charge in [-0.25, -0.2) is 9.59 Å². The lowest BCUT2D eigenvalue weighted by molar-refractivity contribution is -0.143. The van der Waals surface area contributed by atoms with Gasteiger partial charge in [0, 0.05) is 9.79 Å². The van der Waals surface area contributed by atoms with Gasteiger partial charge in [-0.1, -0.05) is 21.6 Å². The molecule has 2 rings (SSSR count). The van der Waals surface area contributed by atoms with E-state index in [1.165, 1.54) is 14.2 Å². The Morgan fingerprint density at radius 1 is 0.692 bits per heavy atom. The largest absolute Gasteiger partial charge is 0.482 e. The van der Waals surface area contributed by atoms with Crippen molar-refractivity contribution in [1.29, 1.82) is 0 Å². The van der Waals surface area contributed by atoms with Gasteiger partial charge in [-0.2, -0.15) is 0 Å². The average Bonchev–Trinajstić information content (AvgIpc) is 2.70. The van der Waals surface area contributed by atoms with Crippen molar-refractivity contribution >= 4 is 33.5 Å². The van der Waals surface area contributed by atoms with Gasteiger partial charge >= 0.3 is 11.9 Å². The number of hydrogen-bond acceptors (Lipinski definition) is 8. The van der Waals surface area contributed by atoms with E-state index in [0.717, 1.165) is 9.79 Å². The Kier molecular flexibility index (Phi) is 8.17. The Morgan fingerprint density at radius 3 is 1.35 bits per heavy atom. The summed E-state index contributed by atoms with van der Waals surface area (Å²) in [5.74, 6) is 0.379. The lowest BCUT2D eigenvalue weighted by Gasteiger charge is -2.07. The van der Waals surface area contributed by atoms with E-state index in [0.29, 0.717) is 11.5 Å². The molecular formula is C18H18O6S2. The Balaban J connectivity index is 1.79. The number of benzene rings is 2. The van der Waals surface area contributed by atoms with Gasteiger partial charge in [-0.3, -0.25) is 0 Å². The molecule has 0 atom stereocenters. The molecule has 0 heterocycles. The SMILES string of the molecule is COC(=O)COc1ccc(SSc2ccc(OCC(=O)OC)cc2)cc1. The minimum atomic E-state index is -0.419. The molecule has 0 spiro atoms. The minimum absolute atomic E-state index is 0.109. The summed E-state index contributed by atoms with van der Waals surface area (Å²) in [5.41, 5.74) is 0. The first-order chi connectivity index (χ1) is 12.6. The van der Waals surface area contributed by atoms with Gasteiger partial charge < -0.3 is 18.9 Å². The fraction of sp³-hybridized carbons (Fsp3) is 0.222. The molecule has 2 aromatic carbocycles. The molecule has 0 saturated carbocycles. The molecule has 0 fully saturated rings. The molecule has 0 aliphatic rings. The lowest BCUT2D eigenvalue weighted by Crippen LogP contribution is -2.12. The zero-order valence-corrected chi connectivity index (χ0v) is 15.9. The van der Waals surface area contributed by atoms with Crippen molar-refractivity contribution in [1.82, 2.24) is 0 Å². The van der Waals surface area contributed by atoms with E-state index in [4.69, 9.17) is 9.47 Å². The van der Waals surface area contributed by atoms with Crippen LogP contribution in [0.25, 0.3) is 0 Å². The van der Waals surface area contributed by atoms with Crippen LogP contribution in [0, 0.1) is 0 Å². The highest BCUT2D eigenvalue weighted by Crippen LogP contribution is 2.38. The molecular weight excluding hydrogens is 376 g/mol. The Labute approximate surface area is 159 Å². The van der Waals surface area contributed by atoms with E-state index in [1.54, 1.807) is 45.9 Å². The van der Waals surface area contributed by atoms with Crippen LogP contribution < -0.4 is 9.47 Å². The number of ether oxygens (including phenoxy) is 4. The predicted octanol–water partition coefficient (Wildman–Crippen LogP) is 3.59. The molecule has 6 nitrogen and oxygen atoms in total. The average molecular weight is 394 g/mol. The topological polar surface area (TPSA) is 71.1 Å². The van der Waals surface area contributed by atoms with Gasteiger partial charge in [0.25, 0.3) is 0 Å². The molecule has 8 heteroatoms. The number of rotatable bonds is 9. The maximum Gasteiger partial charge on any atom is 0.343 e. The third-order valence-corrected chi connectivity index (χ3v) is 5.47. The highest BCUT2D eigenvalue weighted by atomic mass is 33.1. The molecule has 0 radical (unpaired) electrons. The van der Waals surface area contributed by atoms with Gasteiger partial charge in [0.05, 0.1) is 14.2 Å². The summed E-state index contributed by atoms with van der Waals surface area (Å²) in [6.45, 7) is -0.218. The molecule has 0 saturated heterocycles. The van der Waals surface area contributed by atoms with Gasteiger partial charge in [0.1, 0.15) is 11.5 Å². The van der Waals surface area contributed by atoms with Crippen molar-refractivity contribution in [2.24, 2.45) is 0 Å². The summed E-state index contributed by atoms with van der Waals surface area (Å²) in [6.07, 6.45) is 0. The van der Waals surface area contributed by atoms with E-state index >= 15 is 0 Å². The molecule has 0 aliphatic carbocycles. The number of methoxy groups -OCH3 is 2. The van der Waals surface area contributed by atoms with Gasteiger partial charge in [0.2, 0.25) is 0 Å². The fourth-order valence-corrected chi connectivity index (χ4v) is 3.61. The van der Waals surface area contributed by atoms with Crippen LogP contribution in [0.1, 0.15) is 0 Å². The molecule has 2 aromatic rings. The highest BCUT2D eigenvalue weighted by Gasteiger charge is 2.04. The normalized spacial score (nSPS) is 10.1. The van der Waals surface area contributed by atoms with Gasteiger partial charge in [-0.05, 0) is 48.5 Å². The van der Waals surface area contributed by atoms with E-state index in [2.05, 4.69) is 9.47 Å². The van der Waals surface area contributed by atoms with Crippen molar-refractivity contribution < 1.29 is 28.5 Å². The molecule has 0 N–H and O–H groups in total. The Morgan fingerprint density at radius 2 is 1.04 bits per heavy atom. The van der Waals surface area contributed by atoms with E-state index in [1.807, 2.05) is 24.3 Å². The summed E-state index contributed by atoms with van der Waals surface area (Å²) in [4.78, 5) is 24.2. The quantitative estimate of drug-likeness (QED) is 0.472. The molecule has 138 valence electrons. The van der Waals surface area contributed by atoms with Crippen LogP contribution in [0.3, 0.4) is 0 Å². The molecule has 0 unspecified atom stereocenters. The number of esters is 2. The second kappa shape index (κ2) is 10.6. The third-order valence-electron chi connectivity index (χ3n) is 3.05. The second-order valence-corrected chi connectivity index (χ2v) is 7.12. The monoisotopic (exact) mass is 394 g/mol. The van der Waals surface area contributed by atoms with Gasteiger partial charge in [-0.15, -0.1) is 0 Å². The summed E-state index contributed by atoms with van der Waals surface area (Å²) in [7, 11) is 5.83. The number of carbonyl (C=O) groups is 2. The predicted molar refractivity (Wildman–Crippen MR) is 99.6 cm³/mol. The maximum absolute atomic E-state index is 11.0. The molecule has 0 bridgehead atoms. The van der Waals surface area contributed by atoms with Crippen LogP contribution in [0.5, 0.6) is 11.5 Å². The standard InChI is InChI=1S/C18H18O6S2/c1-21-17(19)11-23-13-3-7-15(8-4-13)25-26-16-9-5-14(6-10-16)24-12-18(20)22-2/h3-10H,11-12H2,1-2H3. The summed E-state index contributed by atoms with van der Waals surface area (Å²) in [6, 6.07) is 14.9. The van der Waals surface area contributed by atoms with Crippen molar-refractivity contribution in [3.8, 4) is 11.5 Å². The van der Waals surface area contributed by atoms with Crippen molar-refractivity contribution in [2.45, 2.75) is 9.79 Å². The van der Waals surface area contributed by atoms with Crippen molar-refractivity contribution in [3.63, 3.8) is 0 Å². The minimum Gasteiger partial charge on any atom is -0.482 e. The fourth-order valence-electron chi connectivity index (χ4n) is 1.68. The van der Waals surface area contributed by atoms with E-state index in [9.17, 15) is 9.59 Å². The summed E-state index contributed by atoms with van der Waals surface area (Å²) < 4.78 is 19.6. The lowest BCUT2D eigenvalue weighted by atomic mass is 10.3. The van der Waals surface area contributed by atoms with E-state index < -0.39 is 11.9 Å². The zero-order valence-electron chi connectivity index (χ0n) is 14.3. The summed E-state index contributed by atoms with van der Waals surface area (Å²) >= 11 is 0. The van der Waals surface area contributed by atoms with Gasteiger partial charge in [0.15, 0.2) is 13.2 Å². The number of hydrogen-bond donors (Lipinski definition) is 0. The van der Waals surface area contributed by atoms with Crippen molar-refractivity contribution in [3.05, 3.63) is 48.5 Å². The van der Waals surface area contributed by atoms with Crippen LogP contribution in [-0.2, 0) is 19.1 Å². The van der Waals surface area contributed by atoms with Crippen LogP contribution >= 0.6 is 21.6 Å². The van der Waals surface area contributed by atoms with Crippen molar-refractivity contribution in [2.75, 3.05) is 27.4 Å². The smallest absolute Gasteiger partial charge is 0.343 e. The van der Waals surface area contributed by atoms with Crippen LogP contribution in [0.4, 0.5) is 0 Å². The number of carbonyl (C=O) groups excluding carboxylic acids is 2. The van der Waals surface area contributed by atoms with Crippen LogP contribution in [0.2, 0.25) is 0 Å². The van der Waals surface area contributed by atoms with E-state index in [-0.39, 0.29) is 13.2 Å². The van der Waals surface area contributed by atoms with Crippen LogP contribution in [-0.4, -0.2) is 39.4 Å². The Bertz CT molecular complexity index is 652.